The smallest absolute Gasteiger partial charge is 0.201 e. The molecule has 0 saturated heterocycles. The van der Waals surface area contributed by atoms with E-state index < -0.39 is 45.1 Å². The molecular weight excluding hydrogens is 1050 g/mol. The van der Waals surface area contributed by atoms with Crippen molar-refractivity contribution in [3.63, 3.8) is 0 Å². The van der Waals surface area contributed by atoms with Gasteiger partial charge in [-0.3, -0.25) is 0 Å². The van der Waals surface area contributed by atoms with Crippen molar-refractivity contribution >= 4 is 0 Å². The van der Waals surface area contributed by atoms with Crippen LogP contribution < -0.4 is 22.8 Å². The van der Waals surface area contributed by atoms with Gasteiger partial charge in [0.1, 0.15) is 35.2 Å². The molecule has 10 rings (SSSR count). The Balaban J connectivity index is 0.000000202. The Bertz CT molecular complexity index is 4590. The van der Waals surface area contributed by atoms with Crippen molar-refractivity contribution in [3.05, 3.63) is 267 Å². The van der Waals surface area contributed by atoms with Gasteiger partial charge in [0.15, 0.2) is 31.0 Å². The van der Waals surface area contributed by atoms with Crippen LogP contribution in [0.5, 0.6) is 0 Å². The number of aryl methyl sites for hydroxylation is 15. The van der Waals surface area contributed by atoms with Gasteiger partial charge in [0.05, 0.1) is 0 Å². The Hall–Kier alpha value is -8.15. The fourth-order valence-electron chi connectivity index (χ4n) is 10.9. The average molecular weight is 1170 g/mol. The molecule has 452 valence electrons. The molecular formula is C82H104N5+5. The van der Waals surface area contributed by atoms with Crippen LogP contribution in [0, 0.1) is 69.1 Å². The molecule has 5 aromatic heterocycles. The molecule has 10 aromatic rings. The summed E-state index contributed by atoms with van der Waals surface area (Å²) in [7, 11) is 9.67. The van der Waals surface area contributed by atoms with E-state index >= 15 is 0 Å². The first-order valence-electron chi connectivity index (χ1n) is 37.4. The van der Waals surface area contributed by atoms with Gasteiger partial charge in [0.2, 0.25) is 28.5 Å². The van der Waals surface area contributed by atoms with Crippen molar-refractivity contribution < 1.29 is 43.4 Å². The van der Waals surface area contributed by atoms with E-state index in [1.54, 1.807) is 37.9 Å². The summed E-state index contributed by atoms with van der Waals surface area (Å²) in [4.78, 5) is 0. The number of hydrogen-bond acceptors (Lipinski definition) is 0. The molecule has 5 heteroatoms. The van der Waals surface area contributed by atoms with Crippen LogP contribution in [0.1, 0.15) is 177 Å². The maximum absolute atomic E-state index is 8.40. The third-order valence-electron chi connectivity index (χ3n) is 15.9. The second-order valence-electron chi connectivity index (χ2n) is 23.6. The minimum absolute atomic E-state index is 0.00357. The molecule has 0 aliphatic heterocycles. The lowest BCUT2D eigenvalue weighted by atomic mass is 9.96. The molecule has 0 amide bonds. The average Bonchev–Trinajstić information content (AvgIpc) is 0.760. The van der Waals surface area contributed by atoms with E-state index in [1.165, 1.54) is 76.4 Å². The van der Waals surface area contributed by atoms with Crippen LogP contribution in [0.4, 0.5) is 0 Å². The van der Waals surface area contributed by atoms with Gasteiger partial charge >= 0.3 is 0 Å². The van der Waals surface area contributed by atoms with Gasteiger partial charge in [0.25, 0.3) is 0 Å². The highest BCUT2D eigenvalue weighted by molar-refractivity contribution is 5.65. The zero-order chi connectivity index (χ0) is 76.7. The lowest BCUT2D eigenvalue weighted by Crippen LogP contribution is -2.32. The Kier molecular flexibility index (Phi) is 17.4. The lowest BCUT2D eigenvalue weighted by molar-refractivity contribution is -0.661. The molecule has 0 spiro atoms. The minimum atomic E-state index is -2.66. The van der Waals surface area contributed by atoms with E-state index in [0.717, 1.165) is 50.3 Å². The van der Waals surface area contributed by atoms with Crippen molar-refractivity contribution in [1.82, 2.24) is 0 Å². The molecule has 0 N–H and O–H groups in total. The first-order valence-corrected chi connectivity index (χ1v) is 29.9. The zero-order valence-corrected chi connectivity index (χ0v) is 55.2. The summed E-state index contributed by atoms with van der Waals surface area (Å²) < 4.78 is 127. The number of benzene rings is 5. The Morgan fingerprint density at radius 3 is 1.05 bits per heavy atom. The number of rotatable bonds is 9. The van der Waals surface area contributed by atoms with Gasteiger partial charge in [-0.15, -0.1) is 0 Å². The molecule has 0 saturated carbocycles. The third kappa shape index (κ3) is 17.5. The largest absolute Gasteiger partial charge is 0.212 e. The van der Waals surface area contributed by atoms with E-state index in [0.29, 0.717) is 22.7 Å². The number of pyridine rings is 5. The third-order valence-corrected chi connectivity index (χ3v) is 15.9. The van der Waals surface area contributed by atoms with E-state index in [2.05, 4.69) is 157 Å². The first kappa shape index (κ1) is 48.9. The fraction of sp³-hybridized carbons (Fsp3) is 0.329. The van der Waals surface area contributed by atoms with Gasteiger partial charge in [0, 0.05) is 107 Å². The summed E-state index contributed by atoms with van der Waals surface area (Å²) in [5.41, 5.74) is 22.9. The second-order valence-corrected chi connectivity index (χ2v) is 23.6. The Labute approximate surface area is 547 Å². The first-order chi connectivity index (χ1) is 47.0. The fourth-order valence-corrected chi connectivity index (χ4v) is 10.9. The topological polar surface area (TPSA) is 19.4 Å². The molecule has 5 nitrogen and oxygen atoms in total. The maximum atomic E-state index is 8.40. The molecule has 0 aliphatic carbocycles. The standard InChI is InChI=1S/4C17H22N.C14H16N/c2*1-12(2)16-10-17(18(5)11-14(16)4)15-9-7-6-8-13(15)3;2*1-12(2)16-11-18(5)17(10-14(16)4)15-9-7-6-8-13(15)3;1-11-7-8-12(2)13(10-11)14-6-4-5-9-15(14)3/h4*6-12H,1-5H3;4-10H,1-3H3/q5*+1/i1D3,4D3,12D;4D3,12D;1D3,12D;;. The van der Waals surface area contributed by atoms with Crippen LogP contribution in [0.25, 0.3) is 56.3 Å². The molecule has 0 radical (unpaired) electrons. The van der Waals surface area contributed by atoms with Crippen LogP contribution in [0.2, 0.25) is 0 Å². The highest BCUT2D eigenvalue weighted by Crippen LogP contribution is 2.30. The number of aromatic nitrogens is 5. The highest BCUT2D eigenvalue weighted by atomic mass is 14.9. The van der Waals surface area contributed by atoms with Crippen LogP contribution >= 0.6 is 0 Å². The molecule has 87 heavy (non-hydrogen) atoms. The van der Waals surface area contributed by atoms with E-state index in [1.807, 2.05) is 123 Å². The van der Waals surface area contributed by atoms with Gasteiger partial charge in [-0.25, -0.2) is 22.8 Å². The molecule has 0 fully saturated rings. The van der Waals surface area contributed by atoms with Crippen molar-refractivity contribution in [2.24, 2.45) is 35.2 Å². The normalized spacial score (nSPS) is 15.5. The van der Waals surface area contributed by atoms with Crippen LogP contribution in [0.15, 0.2) is 189 Å². The van der Waals surface area contributed by atoms with Crippen molar-refractivity contribution in [2.75, 3.05) is 0 Å². The van der Waals surface area contributed by atoms with Gasteiger partial charge < -0.3 is 0 Å². The van der Waals surface area contributed by atoms with Crippen molar-refractivity contribution in [1.29, 1.82) is 0 Å². The monoisotopic (exact) mass is 1170 g/mol. The zero-order valence-electron chi connectivity index (χ0n) is 70.2. The molecule has 2 unspecified atom stereocenters. The van der Waals surface area contributed by atoms with Crippen LogP contribution in [-0.4, -0.2) is 0 Å². The summed E-state index contributed by atoms with van der Waals surface area (Å²) >= 11 is 0. The molecule has 0 bridgehead atoms. The van der Waals surface area contributed by atoms with Gasteiger partial charge in [-0.1, -0.05) is 146 Å². The number of nitrogens with zero attached hydrogens (tertiary/aromatic N) is 5. The summed E-state index contributed by atoms with van der Waals surface area (Å²) in [5, 5.41) is 0. The summed E-state index contributed by atoms with van der Waals surface area (Å²) in [5.74, 6) is -4.07. The molecule has 2 atom stereocenters. The lowest BCUT2D eigenvalue weighted by Gasteiger charge is -2.11. The van der Waals surface area contributed by atoms with E-state index in [9.17, 15) is 0 Å². The van der Waals surface area contributed by atoms with Crippen molar-refractivity contribution in [2.45, 2.75) is 148 Å². The Morgan fingerprint density at radius 2 is 0.655 bits per heavy atom. The quantitative estimate of drug-likeness (QED) is 0.128. The van der Waals surface area contributed by atoms with E-state index in [-0.39, 0.29) is 16.7 Å². The van der Waals surface area contributed by atoms with Crippen LogP contribution in [-0.2, 0) is 35.2 Å². The van der Waals surface area contributed by atoms with Crippen molar-refractivity contribution in [3.8, 4) is 56.3 Å². The van der Waals surface area contributed by atoms with E-state index in [4.69, 9.17) is 20.6 Å². The highest BCUT2D eigenvalue weighted by Gasteiger charge is 2.21. The van der Waals surface area contributed by atoms with Gasteiger partial charge in [-0.05, 0) is 179 Å². The summed E-state index contributed by atoms with van der Waals surface area (Å²) in [6.07, 6.45) is 9.18. The maximum Gasteiger partial charge on any atom is 0.212 e. The van der Waals surface area contributed by atoms with Crippen LogP contribution in [0.3, 0.4) is 0 Å². The summed E-state index contributed by atoms with van der Waals surface area (Å²) in [6.45, 7) is 17.4. The Morgan fingerprint density at radius 1 is 0.299 bits per heavy atom. The van der Waals surface area contributed by atoms with Gasteiger partial charge in [-0.2, -0.15) is 0 Å². The summed E-state index contributed by atoms with van der Waals surface area (Å²) in [6, 6.07) is 52.7. The predicted molar refractivity (Wildman–Crippen MR) is 369 cm³/mol. The second kappa shape index (κ2) is 31.0. The predicted octanol–water partition coefficient (Wildman–Crippen LogP) is 18.5. The molecule has 0 aliphatic rings. The molecule has 5 heterocycles. The molecule has 5 aromatic carbocycles. The SMILES string of the molecule is Cc1ccc(C)c(-c2cccc[n+]2C)c1.Cc1ccccc1-c1cc(C)c(C(C)C)c[n+]1C.[2H]C([2H])([2H])C([2H])(C)c1c[n+](C)c(-c2ccccc2C)cc1C.[2H]C([2H])([2H])c1c[n+](C)c(-c2ccccc2C)cc1C([2H])(C)C.[2H]C([2H])([2H])c1c[n+](C)c(-c2ccccc2C)cc1C([2H])(C)C([2H])([2H])[2H]. The minimum Gasteiger partial charge on any atom is -0.201 e. The number of hydrogen-bond donors (Lipinski definition) is 0.